The number of likely N-dealkylation sites (tertiary alicyclic amines) is 1. The molecule has 53 heavy (non-hydrogen) atoms. The number of nitrogens with zero attached hydrogens (tertiary/aromatic N) is 3. The SMILES string of the molecule is C=CCNC.CCC.CN[C@H](C(=O)N1CCCC1C(=O)NC(CC1CCC1)C(O)C=O)C(C)(C)C.O=CC(NC(=O)c1cnccn1)C1CCCCC1. The van der Waals surface area contributed by atoms with Crippen LogP contribution in [0.5, 0.6) is 0 Å². The number of carbonyl (C=O) groups excluding carboxylic acids is 5. The Morgan fingerprint density at radius 2 is 1.62 bits per heavy atom. The van der Waals surface area contributed by atoms with Crippen LogP contribution in [0.3, 0.4) is 0 Å². The number of hydrogen-bond donors (Lipinski definition) is 5. The second-order valence-electron chi connectivity index (χ2n) is 15.2. The molecule has 2 saturated carbocycles. The van der Waals surface area contributed by atoms with Crippen molar-refractivity contribution in [3.8, 4) is 0 Å². The second kappa shape index (κ2) is 26.3. The summed E-state index contributed by atoms with van der Waals surface area (Å²) in [7, 11) is 3.65. The average Bonchev–Trinajstić information content (AvgIpc) is 3.63. The molecule has 0 bridgehead atoms. The molecule has 5 atom stereocenters. The topological polar surface area (TPSA) is 183 Å². The summed E-state index contributed by atoms with van der Waals surface area (Å²) in [6, 6.07) is -1.91. The van der Waals surface area contributed by atoms with Crippen molar-refractivity contribution in [1.82, 2.24) is 36.1 Å². The number of aldehydes is 2. The van der Waals surface area contributed by atoms with E-state index in [4.69, 9.17) is 0 Å². The molecule has 1 aromatic rings. The summed E-state index contributed by atoms with van der Waals surface area (Å²) in [4.78, 5) is 69.4. The van der Waals surface area contributed by atoms with E-state index in [1.807, 2.05) is 33.9 Å². The second-order valence-corrected chi connectivity index (χ2v) is 15.2. The van der Waals surface area contributed by atoms with Crippen molar-refractivity contribution < 1.29 is 29.1 Å². The highest BCUT2D eigenvalue weighted by molar-refractivity contribution is 5.93. The zero-order valence-electron chi connectivity index (χ0n) is 33.4. The fraction of sp³-hybridized carbons (Fsp3) is 0.725. The van der Waals surface area contributed by atoms with Gasteiger partial charge in [-0.2, -0.15) is 0 Å². The van der Waals surface area contributed by atoms with E-state index in [0.717, 1.165) is 64.2 Å². The molecule has 0 aromatic carbocycles. The number of amides is 3. The minimum atomic E-state index is -1.21. The van der Waals surface area contributed by atoms with Gasteiger partial charge in [0.15, 0.2) is 6.29 Å². The number of aromatic nitrogens is 2. The predicted molar refractivity (Wildman–Crippen MR) is 209 cm³/mol. The van der Waals surface area contributed by atoms with Crippen molar-refractivity contribution in [3.05, 3.63) is 36.9 Å². The van der Waals surface area contributed by atoms with E-state index in [2.05, 4.69) is 51.7 Å². The molecule has 5 N–H and O–H groups in total. The van der Waals surface area contributed by atoms with Gasteiger partial charge < -0.3 is 40.9 Å². The van der Waals surface area contributed by atoms with E-state index in [9.17, 15) is 29.1 Å². The maximum absolute atomic E-state index is 13.0. The molecule has 3 fully saturated rings. The molecule has 13 nitrogen and oxygen atoms in total. The molecule has 0 radical (unpaired) electrons. The number of aliphatic hydroxyl groups excluding tert-OH is 1. The fourth-order valence-electron chi connectivity index (χ4n) is 6.68. The van der Waals surface area contributed by atoms with Crippen LogP contribution in [0, 0.1) is 17.3 Å². The van der Waals surface area contributed by atoms with E-state index in [1.54, 1.807) is 11.9 Å². The van der Waals surface area contributed by atoms with Crippen molar-refractivity contribution in [3.63, 3.8) is 0 Å². The van der Waals surface area contributed by atoms with Gasteiger partial charge in [0.1, 0.15) is 24.1 Å². The zero-order valence-corrected chi connectivity index (χ0v) is 33.4. The van der Waals surface area contributed by atoms with Gasteiger partial charge in [0.05, 0.1) is 24.3 Å². The maximum atomic E-state index is 13.0. The van der Waals surface area contributed by atoms with Gasteiger partial charge in [-0.1, -0.05) is 85.6 Å². The van der Waals surface area contributed by atoms with Crippen molar-refractivity contribution >= 4 is 30.3 Å². The Hall–Kier alpha value is -3.55. The van der Waals surface area contributed by atoms with Gasteiger partial charge in [0.2, 0.25) is 11.8 Å². The molecule has 1 aromatic heterocycles. The molecule has 3 amide bonds. The van der Waals surface area contributed by atoms with E-state index < -0.39 is 24.2 Å². The first-order valence-corrected chi connectivity index (χ1v) is 19.5. The third kappa shape index (κ3) is 17.0. The standard InChI is InChI=1S/C20H35N3O4.C13H17N3O2.C4H9N.C3H8/c1-20(2,3)17(21-4)19(27)23-10-6-9-15(23)18(26)22-14(16(25)12-24)11-13-7-5-8-13;17-9-12(10-4-2-1-3-5-10)16-13(18)11-8-14-6-7-15-11;1-3-4-5-2;1-3-2/h12-17,21,25H,5-11H2,1-4H3,(H,22,26);6-10,12H,1-5H2,(H,16,18);3,5H,1,4H2,2H3;3H2,1-2H3/t14?,15?,16?,17-;;;/m1.../s1. The summed E-state index contributed by atoms with van der Waals surface area (Å²) in [5.74, 6) is 0.0346. The highest BCUT2D eigenvalue weighted by atomic mass is 16.3. The molecule has 300 valence electrons. The highest BCUT2D eigenvalue weighted by Gasteiger charge is 2.41. The Balaban J connectivity index is 0.000000462. The van der Waals surface area contributed by atoms with Gasteiger partial charge in [-0.25, -0.2) is 4.98 Å². The monoisotopic (exact) mass is 744 g/mol. The molecule has 4 rings (SSSR count). The molecule has 2 aliphatic carbocycles. The van der Waals surface area contributed by atoms with Crippen LogP contribution in [0.15, 0.2) is 31.2 Å². The molecule has 2 heterocycles. The third-order valence-electron chi connectivity index (χ3n) is 9.68. The van der Waals surface area contributed by atoms with Crippen LogP contribution in [0.4, 0.5) is 0 Å². The average molecular weight is 744 g/mol. The number of likely N-dealkylation sites (N-methyl/N-ethyl adjacent to an activating group) is 2. The van der Waals surface area contributed by atoms with E-state index in [1.165, 1.54) is 31.4 Å². The van der Waals surface area contributed by atoms with Gasteiger partial charge in [0.25, 0.3) is 5.91 Å². The minimum Gasteiger partial charge on any atom is -0.383 e. The number of carbonyl (C=O) groups is 5. The van der Waals surface area contributed by atoms with Crippen LogP contribution < -0.4 is 21.3 Å². The lowest BCUT2D eigenvalue weighted by Gasteiger charge is -2.36. The Labute approximate surface area is 318 Å². The molecule has 4 unspecified atom stereocenters. The van der Waals surface area contributed by atoms with E-state index in [0.29, 0.717) is 31.6 Å². The van der Waals surface area contributed by atoms with Crippen LogP contribution in [-0.4, -0.2) is 108 Å². The molecule has 13 heteroatoms. The Morgan fingerprint density at radius 1 is 0.962 bits per heavy atom. The smallest absolute Gasteiger partial charge is 0.272 e. The first kappa shape index (κ1) is 47.5. The predicted octanol–water partition coefficient (Wildman–Crippen LogP) is 4.01. The molecular weight excluding hydrogens is 674 g/mol. The number of nitrogens with one attached hydrogen (secondary N) is 4. The van der Waals surface area contributed by atoms with Gasteiger partial charge in [-0.3, -0.25) is 19.4 Å². The van der Waals surface area contributed by atoms with Crippen LogP contribution >= 0.6 is 0 Å². The summed E-state index contributed by atoms with van der Waals surface area (Å²) >= 11 is 0. The summed E-state index contributed by atoms with van der Waals surface area (Å²) in [5.41, 5.74) is -0.0178. The first-order valence-electron chi connectivity index (χ1n) is 19.5. The molecule has 1 aliphatic heterocycles. The van der Waals surface area contributed by atoms with E-state index in [-0.39, 0.29) is 40.8 Å². The van der Waals surface area contributed by atoms with Gasteiger partial charge in [0, 0.05) is 25.5 Å². The largest absolute Gasteiger partial charge is 0.383 e. The third-order valence-corrected chi connectivity index (χ3v) is 9.68. The number of aliphatic hydroxyl groups is 1. The Morgan fingerprint density at radius 3 is 2.08 bits per heavy atom. The minimum absolute atomic E-state index is 0.0749. The number of hydrogen-bond acceptors (Lipinski definition) is 10. The van der Waals surface area contributed by atoms with Crippen molar-refractivity contribution in [2.75, 3.05) is 27.2 Å². The molecule has 1 saturated heterocycles. The van der Waals surface area contributed by atoms with Crippen LogP contribution in [-0.2, 0) is 19.2 Å². The lowest BCUT2D eigenvalue weighted by atomic mass is 9.80. The molecular formula is C40H69N7O6. The van der Waals surface area contributed by atoms with Crippen LogP contribution in [0.2, 0.25) is 0 Å². The van der Waals surface area contributed by atoms with Gasteiger partial charge in [-0.05, 0) is 63.5 Å². The quantitative estimate of drug-likeness (QED) is 0.138. The molecule has 0 spiro atoms. The van der Waals surface area contributed by atoms with Crippen molar-refractivity contribution in [2.45, 2.75) is 142 Å². The Bertz CT molecular complexity index is 1220. The summed E-state index contributed by atoms with van der Waals surface area (Å²) < 4.78 is 0. The molecule has 3 aliphatic rings. The van der Waals surface area contributed by atoms with Gasteiger partial charge in [-0.15, -0.1) is 6.58 Å². The highest BCUT2D eigenvalue weighted by Crippen LogP contribution is 2.31. The zero-order chi connectivity index (χ0) is 39.8. The number of rotatable bonds is 14. The summed E-state index contributed by atoms with van der Waals surface area (Å²) in [6.07, 6.45) is 18.3. The van der Waals surface area contributed by atoms with E-state index >= 15 is 0 Å². The summed E-state index contributed by atoms with van der Waals surface area (Å²) in [5, 5.41) is 21.6. The normalized spacial score (nSPS) is 19.4. The summed E-state index contributed by atoms with van der Waals surface area (Å²) in [6.45, 7) is 15.2. The van der Waals surface area contributed by atoms with Crippen LogP contribution in [0.25, 0.3) is 0 Å². The maximum Gasteiger partial charge on any atom is 0.272 e. The Kier molecular flexibility index (Phi) is 23.5. The van der Waals surface area contributed by atoms with Gasteiger partial charge >= 0.3 is 0 Å². The first-order chi connectivity index (χ1) is 25.3. The van der Waals surface area contributed by atoms with Crippen LogP contribution in [0.1, 0.15) is 122 Å². The lowest BCUT2D eigenvalue weighted by molar-refractivity contribution is -0.142. The van der Waals surface area contributed by atoms with Crippen molar-refractivity contribution in [2.24, 2.45) is 17.3 Å². The van der Waals surface area contributed by atoms with Crippen molar-refractivity contribution in [1.29, 1.82) is 0 Å². The lowest BCUT2D eigenvalue weighted by Crippen LogP contribution is -2.57. The fourth-order valence-corrected chi connectivity index (χ4v) is 6.68.